The van der Waals surface area contributed by atoms with Gasteiger partial charge in [0, 0.05) is 0 Å². The summed E-state index contributed by atoms with van der Waals surface area (Å²) in [4.78, 5) is 0. The van der Waals surface area contributed by atoms with Crippen LogP contribution in [0.15, 0.2) is 24.3 Å². The summed E-state index contributed by atoms with van der Waals surface area (Å²) in [7, 11) is -3.91. The SMILES string of the molecule is O=S(=O)(O)Cc1[c]cccc1. The quantitative estimate of drug-likeness (QED) is 0.672. The summed E-state index contributed by atoms with van der Waals surface area (Å²) in [6.45, 7) is 0. The van der Waals surface area contributed by atoms with Crippen molar-refractivity contribution in [1.82, 2.24) is 0 Å². The molecular weight excluding hydrogens is 164 g/mol. The zero-order chi connectivity index (χ0) is 8.32. The van der Waals surface area contributed by atoms with Gasteiger partial charge in [0.1, 0.15) is 5.75 Å². The van der Waals surface area contributed by atoms with Crippen LogP contribution in [0.1, 0.15) is 5.56 Å². The van der Waals surface area contributed by atoms with E-state index in [1.165, 1.54) is 0 Å². The molecule has 0 aromatic heterocycles. The molecule has 1 aromatic carbocycles. The van der Waals surface area contributed by atoms with E-state index in [2.05, 4.69) is 6.07 Å². The van der Waals surface area contributed by atoms with Gasteiger partial charge in [-0.3, -0.25) is 4.55 Å². The Labute approximate surface area is 65.4 Å². The van der Waals surface area contributed by atoms with E-state index in [1.54, 1.807) is 24.3 Å². The molecule has 0 aliphatic rings. The van der Waals surface area contributed by atoms with Crippen LogP contribution in [0, 0.1) is 6.07 Å². The lowest BCUT2D eigenvalue weighted by molar-refractivity contribution is 0.482. The highest BCUT2D eigenvalue weighted by Gasteiger charge is 2.04. The summed E-state index contributed by atoms with van der Waals surface area (Å²) in [5.74, 6) is -0.367. The van der Waals surface area contributed by atoms with Crippen molar-refractivity contribution in [2.24, 2.45) is 0 Å². The molecule has 0 saturated heterocycles. The Bertz CT molecular complexity index is 315. The molecule has 0 aliphatic heterocycles. The molecule has 0 saturated carbocycles. The fraction of sp³-hybridized carbons (Fsp3) is 0.143. The van der Waals surface area contributed by atoms with Crippen molar-refractivity contribution in [1.29, 1.82) is 0 Å². The van der Waals surface area contributed by atoms with E-state index in [4.69, 9.17) is 4.55 Å². The van der Waals surface area contributed by atoms with Crippen molar-refractivity contribution < 1.29 is 13.0 Å². The van der Waals surface area contributed by atoms with Crippen molar-refractivity contribution in [3.63, 3.8) is 0 Å². The Hall–Kier alpha value is -0.870. The van der Waals surface area contributed by atoms with Gasteiger partial charge in [-0.2, -0.15) is 8.42 Å². The summed E-state index contributed by atoms with van der Waals surface area (Å²) in [6.07, 6.45) is 0. The van der Waals surface area contributed by atoms with Gasteiger partial charge in [-0.1, -0.05) is 24.3 Å². The Morgan fingerprint density at radius 3 is 2.64 bits per heavy atom. The van der Waals surface area contributed by atoms with Crippen LogP contribution in [0.5, 0.6) is 0 Å². The smallest absolute Gasteiger partial charge is 0.269 e. The second-order valence-corrected chi connectivity index (χ2v) is 3.57. The summed E-state index contributed by atoms with van der Waals surface area (Å²) in [5, 5.41) is 0. The van der Waals surface area contributed by atoms with Gasteiger partial charge >= 0.3 is 0 Å². The lowest BCUT2D eigenvalue weighted by atomic mass is 10.2. The van der Waals surface area contributed by atoms with Gasteiger partial charge < -0.3 is 0 Å². The zero-order valence-corrected chi connectivity index (χ0v) is 6.50. The maximum absolute atomic E-state index is 10.3. The highest BCUT2D eigenvalue weighted by molar-refractivity contribution is 7.85. The van der Waals surface area contributed by atoms with E-state index < -0.39 is 10.1 Å². The van der Waals surface area contributed by atoms with Gasteiger partial charge in [-0.25, -0.2) is 0 Å². The van der Waals surface area contributed by atoms with Gasteiger partial charge in [0.05, 0.1) is 0 Å². The third-order valence-electron chi connectivity index (χ3n) is 1.11. The predicted octanol–water partition coefficient (Wildman–Crippen LogP) is 0.875. The minimum absolute atomic E-state index is 0.367. The Kier molecular flexibility index (Phi) is 2.26. The summed E-state index contributed by atoms with van der Waals surface area (Å²) < 4.78 is 29.1. The molecule has 3 nitrogen and oxygen atoms in total. The number of hydrogen-bond donors (Lipinski definition) is 1. The molecule has 0 atom stereocenters. The van der Waals surface area contributed by atoms with Gasteiger partial charge in [-0.05, 0) is 11.6 Å². The molecule has 4 heteroatoms. The minimum Gasteiger partial charge on any atom is -0.285 e. The number of rotatable bonds is 2. The van der Waals surface area contributed by atoms with Crippen LogP contribution in [0.25, 0.3) is 0 Å². The van der Waals surface area contributed by atoms with Crippen LogP contribution >= 0.6 is 0 Å². The molecule has 1 aromatic rings. The summed E-state index contributed by atoms with van der Waals surface area (Å²) in [6, 6.07) is 9.30. The first kappa shape index (κ1) is 8.23. The van der Waals surface area contributed by atoms with E-state index >= 15 is 0 Å². The van der Waals surface area contributed by atoms with E-state index in [-0.39, 0.29) is 5.75 Å². The third-order valence-corrected chi connectivity index (χ3v) is 1.79. The molecule has 0 spiro atoms. The fourth-order valence-corrected chi connectivity index (χ4v) is 1.29. The number of benzene rings is 1. The molecule has 1 radical (unpaired) electrons. The molecule has 1 N–H and O–H groups in total. The van der Waals surface area contributed by atoms with Crippen LogP contribution in [0.2, 0.25) is 0 Å². The molecule has 11 heavy (non-hydrogen) atoms. The topological polar surface area (TPSA) is 54.4 Å². The standard InChI is InChI=1S/C7H7O3S/c8-11(9,10)6-7-4-2-1-3-5-7/h1-4H,6H2,(H,8,9,10). The average Bonchev–Trinajstić information content (AvgIpc) is 1.85. The highest BCUT2D eigenvalue weighted by Crippen LogP contribution is 2.01. The van der Waals surface area contributed by atoms with Gasteiger partial charge in [0.2, 0.25) is 0 Å². The predicted molar refractivity (Wildman–Crippen MR) is 40.5 cm³/mol. The first-order valence-electron chi connectivity index (χ1n) is 2.99. The van der Waals surface area contributed by atoms with Crippen molar-refractivity contribution in [2.75, 3.05) is 0 Å². The Balaban J connectivity index is 2.82. The van der Waals surface area contributed by atoms with Crippen LogP contribution in [0.4, 0.5) is 0 Å². The Morgan fingerprint density at radius 1 is 1.45 bits per heavy atom. The minimum atomic E-state index is -3.91. The first-order valence-corrected chi connectivity index (χ1v) is 4.59. The zero-order valence-electron chi connectivity index (χ0n) is 5.69. The van der Waals surface area contributed by atoms with Crippen molar-refractivity contribution >= 4 is 10.1 Å². The maximum atomic E-state index is 10.3. The molecule has 59 valence electrons. The first-order chi connectivity index (χ1) is 5.08. The van der Waals surface area contributed by atoms with Crippen LogP contribution in [-0.2, 0) is 15.9 Å². The van der Waals surface area contributed by atoms with Crippen LogP contribution < -0.4 is 0 Å². The van der Waals surface area contributed by atoms with E-state index in [1.807, 2.05) is 0 Å². The number of hydrogen-bond acceptors (Lipinski definition) is 2. The largest absolute Gasteiger partial charge is 0.285 e. The highest BCUT2D eigenvalue weighted by atomic mass is 32.2. The summed E-state index contributed by atoms with van der Waals surface area (Å²) >= 11 is 0. The molecule has 0 heterocycles. The molecule has 1 rings (SSSR count). The molecule has 0 unspecified atom stereocenters. The van der Waals surface area contributed by atoms with Crippen molar-refractivity contribution in [2.45, 2.75) is 5.75 Å². The van der Waals surface area contributed by atoms with E-state index in [9.17, 15) is 8.42 Å². The lowest BCUT2D eigenvalue weighted by Crippen LogP contribution is -2.00. The average molecular weight is 171 g/mol. The molecule has 0 amide bonds. The Morgan fingerprint density at radius 2 is 2.18 bits per heavy atom. The van der Waals surface area contributed by atoms with Gasteiger partial charge in [0.15, 0.2) is 0 Å². The lowest BCUT2D eigenvalue weighted by Gasteiger charge is -1.94. The molecule has 0 bridgehead atoms. The molecule has 0 fully saturated rings. The summed E-state index contributed by atoms with van der Waals surface area (Å²) in [5.41, 5.74) is 0.468. The van der Waals surface area contributed by atoms with Crippen molar-refractivity contribution in [3.05, 3.63) is 35.9 Å². The third kappa shape index (κ3) is 3.15. The van der Waals surface area contributed by atoms with Crippen LogP contribution in [-0.4, -0.2) is 13.0 Å². The van der Waals surface area contributed by atoms with E-state index in [0.717, 1.165) is 0 Å². The fourth-order valence-electron chi connectivity index (χ4n) is 0.717. The van der Waals surface area contributed by atoms with Crippen LogP contribution in [0.3, 0.4) is 0 Å². The van der Waals surface area contributed by atoms with Crippen molar-refractivity contribution in [3.8, 4) is 0 Å². The molecule has 0 aliphatic carbocycles. The van der Waals surface area contributed by atoms with Gasteiger partial charge in [-0.15, -0.1) is 0 Å². The monoisotopic (exact) mass is 171 g/mol. The second kappa shape index (κ2) is 3.02. The van der Waals surface area contributed by atoms with E-state index in [0.29, 0.717) is 5.56 Å². The molecular formula is C7H7O3S. The normalized spacial score (nSPS) is 11.4. The second-order valence-electron chi connectivity index (χ2n) is 2.11. The maximum Gasteiger partial charge on any atom is 0.269 e. The van der Waals surface area contributed by atoms with Gasteiger partial charge in [0.25, 0.3) is 10.1 Å².